The molecule has 1 aliphatic heterocycles. The van der Waals surface area contributed by atoms with E-state index in [9.17, 15) is 0 Å². The van der Waals surface area contributed by atoms with Gasteiger partial charge in [-0.05, 0) is 36.8 Å². The fourth-order valence-electron chi connectivity index (χ4n) is 2.86. The lowest BCUT2D eigenvalue weighted by atomic mass is 10.1. The van der Waals surface area contributed by atoms with Crippen LogP contribution in [0.5, 0.6) is 0 Å². The largest absolute Gasteiger partial charge is 0.369 e. The predicted octanol–water partition coefficient (Wildman–Crippen LogP) is 3.48. The summed E-state index contributed by atoms with van der Waals surface area (Å²) >= 11 is 6.11. The van der Waals surface area contributed by atoms with Crippen molar-refractivity contribution in [1.29, 1.82) is 0 Å². The molecule has 0 bridgehead atoms. The average Bonchev–Trinajstić information content (AvgIpc) is 3.12. The van der Waals surface area contributed by atoms with Gasteiger partial charge in [-0.2, -0.15) is 5.10 Å². The number of rotatable bonds is 3. The summed E-state index contributed by atoms with van der Waals surface area (Å²) in [6.07, 6.45) is 3.57. The van der Waals surface area contributed by atoms with Gasteiger partial charge in [0.25, 0.3) is 0 Å². The first-order chi connectivity index (χ1) is 10.8. The van der Waals surface area contributed by atoms with E-state index in [0.717, 1.165) is 42.3 Å². The molecule has 0 spiro atoms. The van der Waals surface area contributed by atoms with Crippen molar-refractivity contribution in [3.63, 3.8) is 0 Å². The molecule has 0 saturated carbocycles. The number of benzene rings is 1. The quantitative estimate of drug-likeness (QED) is 0.805. The lowest BCUT2D eigenvalue weighted by Crippen LogP contribution is -2.05. The van der Waals surface area contributed by atoms with Gasteiger partial charge in [-0.3, -0.25) is 4.98 Å². The SMILES string of the molecule is Clc1cccc(-n2nc(Cc3ccccn3)c3c2NCC3)c1. The summed E-state index contributed by atoms with van der Waals surface area (Å²) in [6.45, 7) is 0.947. The maximum Gasteiger partial charge on any atom is 0.133 e. The molecule has 0 radical (unpaired) electrons. The number of pyridine rings is 1. The van der Waals surface area contributed by atoms with Crippen molar-refractivity contribution in [1.82, 2.24) is 14.8 Å². The Labute approximate surface area is 133 Å². The van der Waals surface area contributed by atoms with E-state index >= 15 is 0 Å². The molecule has 1 aliphatic rings. The topological polar surface area (TPSA) is 42.7 Å². The molecule has 0 fully saturated rings. The summed E-state index contributed by atoms with van der Waals surface area (Å²) in [4.78, 5) is 4.40. The molecule has 4 rings (SSSR count). The van der Waals surface area contributed by atoms with Crippen LogP contribution in [0, 0.1) is 0 Å². The van der Waals surface area contributed by atoms with Gasteiger partial charge in [0.2, 0.25) is 0 Å². The zero-order valence-electron chi connectivity index (χ0n) is 12.0. The highest BCUT2D eigenvalue weighted by molar-refractivity contribution is 6.30. The van der Waals surface area contributed by atoms with E-state index in [4.69, 9.17) is 16.7 Å². The Morgan fingerprint density at radius 2 is 2.14 bits per heavy atom. The average molecular weight is 311 g/mol. The van der Waals surface area contributed by atoms with E-state index in [0.29, 0.717) is 5.02 Å². The van der Waals surface area contributed by atoms with Crippen LogP contribution in [0.1, 0.15) is 17.0 Å². The summed E-state index contributed by atoms with van der Waals surface area (Å²) in [7, 11) is 0. The molecule has 0 amide bonds. The molecule has 22 heavy (non-hydrogen) atoms. The summed E-state index contributed by atoms with van der Waals surface area (Å²) in [6, 6.07) is 13.7. The van der Waals surface area contributed by atoms with Crippen molar-refractivity contribution in [2.45, 2.75) is 12.8 Å². The highest BCUT2D eigenvalue weighted by Gasteiger charge is 2.23. The Kier molecular flexibility index (Phi) is 3.31. The first-order valence-corrected chi connectivity index (χ1v) is 7.69. The highest BCUT2D eigenvalue weighted by atomic mass is 35.5. The Morgan fingerprint density at radius 3 is 2.95 bits per heavy atom. The van der Waals surface area contributed by atoms with Crippen LogP contribution in [0.2, 0.25) is 5.02 Å². The third kappa shape index (κ3) is 2.35. The summed E-state index contributed by atoms with van der Waals surface area (Å²) in [5.74, 6) is 1.08. The molecule has 1 N–H and O–H groups in total. The van der Waals surface area contributed by atoms with E-state index in [1.807, 2.05) is 53.3 Å². The van der Waals surface area contributed by atoms with Crippen LogP contribution in [0.4, 0.5) is 5.82 Å². The van der Waals surface area contributed by atoms with Crippen molar-refractivity contribution >= 4 is 17.4 Å². The smallest absolute Gasteiger partial charge is 0.133 e. The number of hydrogen-bond acceptors (Lipinski definition) is 3. The van der Waals surface area contributed by atoms with Gasteiger partial charge in [0.15, 0.2) is 0 Å². The zero-order valence-corrected chi connectivity index (χ0v) is 12.7. The van der Waals surface area contributed by atoms with Crippen LogP contribution in [0.3, 0.4) is 0 Å². The number of nitrogens with zero attached hydrogens (tertiary/aromatic N) is 3. The maximum atomic E-state index is 6.11. The minimum absolute atomic E-state index is 0.714. The number of anilines is 1. The second-order valence-corrected chi connectivity index (χ2v) is 5.78. The molecule has 0 saturated heterocycles. The minimum Gasteiger partial charge on any atom is -0.369 e. The Bertz CT molecular complexity index is 811. The maximum absolute atomic E-state index is 6.11. The van der Waals surface area contributed by atoms with Crippen LogP contribution < -0.4 is 5.32 Å². The van der Waals surface area contributed by atoms with Crippen molar-refractivity contribution in [3.05, 3.63) is 70.6 Å². The molecule has 2 aromatic heterocycles. The first-order valence-electron chi connectivity index (χ1n) is 7.32. The van der Waals surface area contributed by atoms with Crippen LogP contribution in [-0.4, -0.2) is 21.3 Å². The molecule has 4 nitrogen and oxygen atoms in total. The van der Waals surface area contributed by atoms with Gasteiger partial charge in [-0.1, -0.05) is 23.7 Å². The molecule has 0 atom stereocenters. The molecule has 0 aliphatic carbocycles. The van der Waals surface area contributed by atoms with Gasteiger partial charge in [-0.15, -0.1) is 0 Å². The van der Waals surface area contributed by atoms with Gasteiger partial charge < -0.3 is 5.32 Å². The Balaban J connectivity index is 1.77. The number of hydrogen-bond donors (Lipinski definition) is 1. The van der Waals surface area contributed by atoms with Gasteiger partial charge >= 0.3 is 0 Å². The van der Waals surface area contributed by atoms with Gasteiger partial charge in [0, 0.05) is 35.4 Å². The minimum atomic E-state index is 0.714. The monoisotopic (exact) mass is 310 g/mol. The second-order valence-electron chi connectivity index (χ2n) is 5.34. The van der Waals surface area contributed by atoms with E-state index in [2.05, 4.69) is 10.3 Å². The lowest BCUT2D eigenvalue weighted by Gasteiger charge is -2.06. The third-order valence-corrected chi connectivity index (χ3v) is 4.10. The van der Waals surface area contributed by atoms with Crippen LogP contribution in [0.15, 0.2) is 48.7 Å². The molecule has 1 aromatic carbocycles. The third-order valence-electron chi connectivity index (χ3n) is 3.86. The second kappa shape index (κ2) is 5.46. The summed E-state index contributed by atoms with van der Waals surface area (Å²) in [5.41, 5.74) is 4.38. The number of halogens is 1. The molecule has 5 heteroatoms. The summed E-state index contributed by atoms with van der Waals surface area (Å²) < 4.78 is 1.95. The normalized spacial score (nSPS) is 13.0. The molecular formula is C17H15ClN4. The molecule has 110 valence electrons. The number of nitrogens with one attached hydrogen (secondary N) is 1. The zero-order chi connectivity index (χ0) is 14.9. The van der Waals surface area contributed by atoms with Crippen molar-refractivity contribution in [2.24, 2.45) is 0 Å². The fraction of sp³-hybridized carbons (Fsp3) is 0.176. The van der Waals surface area contributed by atoms with Crippen LogP contribution in [-0.2, 0) is 12.8 Å². The standard InChI is InChI=1S/C17H15ClN4/c18-12-4-3-6-14(10-12)22-17-15(7-9-20-17)16(21-22)11-13-5-1-2-8-19-13/h1-6,8,10,20H,7,9,11H2. The van der Waals surface area contributed by atoms with Crippen LogP contribution in [0.25, 0.3) is 5.69 Å². The van der Waals surface area contributed by atoms with Gasteiger partial charge in [-0.25, -0.2) is 4.68 Å². The fourth-order valence-corrected chi connectivity index (χ4v) is 3.04. The summed E-state index contributed by atoms with van der Waals surface area (Å²) in [5, 5.41) is 8.94. The lowest BCUT2D eigenvalue weighted by molar-refractivity contribution is 0.834. The Hall–Kier alpha value is -2.33. The molecule has 3 heterocycles. The molecule has 3 aromatic rings. The van der Waals surface area contributed by atoms with Crippen molar-refractivity contribution in [2.75, 3.05) is 11.9 Å². The number of fused-ring (bicyclic) bond motifs is 1. The van der Waals surface area contributed by atoms with E-state index < -0.39 is 0 Å². The number of aromatic nitrogens is 3. The van der Waals surface area contributed by atoms with E-state index in [1.54, 1.807) is 0 Å². The highest BCUT2D eigenvalue weighted by Crippen LogP contribution is 2.30. The molecular weight excluding hydrogens is 296 g/mol. The van der Waals surface area contributed by atoms with Gasteiger partial charge in [0.1, 0.15) is 5.82 Å². The van der Waals surface area contributed by atoms with Crippen molar-refractivity contribution in [3.8, 4) is 5.69 Å². The molecule has 0 unspecified atom stereocenters. The van der Waals surface area contributed by atoms with E-state index in [-0.39, 0.29) is 0 Å². The van der Waals surface area contributed by atoms with Crippen LogP contribution >= 0.6 is 11.6 Å². The van der Waals surface area contributed by atoms with Gasteiger partial charge in [0.05, 0.1) is 11.4 Å². The van der Waals surface area contributed by atoms with E-state index in [1.165, 1.54) is 5.56 Å². The predicted molar refractivity (Wildman–Crippen MR) is 87.8 cm³/mol. The first kappa shape index (κ1) is 13.3. The van der Waals surface area contributed by atoms with Crippen molar-refractivity contribution < 1.29 is 0 Å². The Morgan fingerprint density at radius 1 is 1.18 bits per heavy atom.